The molecule has 0 bridgehead atoms. The lowest BCUT2D eigenvalue weighted by Crippen LogP contribution is -1.96. The molecule has 20 heavy (non-hydrogen) atoms. The molecule has 3 nitrogen and oxygen atoms in total. The highest BCUT2D eigenvalue weighted by Gasteiger charge is 2.13. The Balaban J connectivity index is 2.19. The predicted octanol–water partition coefficient (Wildman–Crippen LogP) is 3.82. The molecule has 3 rings (SSSR count). The van der Waals surface area contributed by atoms with Gasteiger partial charge in [0.25, 0.3) is 0 Å². The van der Waals surface area contributed by atoms with Crippen molar-refractivity contribution in [1.82, 2.24) is 9.97 Å². The maximum Gasteiger partial charge on any atom is 0.163 e. The lowest BCUT2D eigenvalue weighted by molar-refractivity contribution is 0.467. The van der Waals surface area contributed by atoms with Crippen LogP contribution in [-0.4, -0.2) is 15.1 Å². The molecule has 0 aliphatic carbocycles. The van der Waals surface area contributed by atoms with Gasteiger partial charge in [0.05, 0.1) is 5.69 Å². The van der Waals surface area contributed by atoms with Gasteiger partial charge in [-0.1, -0.05) is 60.7 Å². The monoisotopic (exact) mass is 262 g/mol. The number of aromatic nitrogens is 2. The molecule has 2 aromatic carbocycles. The normalized spacial score (nSPS) is 10.4. The molecule has 0 amide bonds. The van der Waals surface area contributed by atoms with Crippen LogP contribution < -0.4 is 0 Å². The van der Waals surface area contributed by atoms with Crippen molar-refractivity contribution in [2.75, 3.05) is 0 Å². The van der Waals surface area contributed by atoms with E-state index in [1.807, 2.05) is 60.7 Å². The Morgan fingerprint density at radius 3 is 1.90 bits per heavy atom. The van der Waals surface area contributed by atoms with Gasteiger partial charge < -0.3 is 5.11 Å². The molecular weight excluding hydrogens is 248 g/mol. The number of rotatable bonds is 2. The molecule has 0 aliphatic rings. The minimum absolute atomic E-state index is 0.135. The van der Waals surface area contributed by atoms with Crippen LogP contribution in [0, 0.1) is 6.92 Å². The third kappa shape index (κ3) is 2.26. The van der Waals surface area contributed by atoms with E-state index in [1.54, 1.807) is 6.92 Å². The summed E-state index contributed by atoms with van der Waals surface area (Å²) in [6.45, 7) is 1.79. The number of hydrogen-bond acceptors (Lipinski definition) is 3. The van der Waals surface area contributed by atoms with Crippen molar-refractivity contribution in [1.29, 1.82) is 0 Å². The van der Waals surface area contributed by atoms with Gasteiger partial charge in [-0.25, -0.2) is 9.97 Å². The van der Waals surface area contributed by atoms with Gasteiger partial charge in [0.15, 0.2) is 11.6 Å². The van der Waals surface area contributed by atoms with E-state index in [4.69, 9.17) is 0 Å². The summed E-state index contributed by atoms with van der Waals surface area (Å²) in [5.41, 5.74) is 2.97. The lowest BCUT2D eigenvalue weighted by Gasteiger charge is -2.09. The molecule has 0 radical (unpaired) electrons. The van der Waals surface area contributed by atoms with Crippen molar-refractivity contribution in [3.63, 3.8) is 0 Å². The second-order valence-electron chi connectivity index (χ2n) is 4.56. The molecule has 0 fully saturated rings. The zero-order valence-electron chi connectivity index (χ0n) is 11.1. The van der Waals surface area contributed by atoms with E-state index in [1.165, 1.54) is 0 Å². The highest BCUT2D eigenvalue weighted by molar-refractivity contribution is 5.69. The van der Waals surface area contributed by atoms with E-state index in [9.17, 15) is 5.11 Å². The molecule has 3 aromatic rings. The van der Waals surface area contributed by atoms with Gasteiger partial charge >= 0.3 is 0 Å². The van der Waals surface area contributed by atoms with Gasteiger partial charge in [0.2, 0.25) is 0 Å². The summed E-state index contributed by atoms with van der Waals surface area (Å²) in [5.74, 6) is 0.760. The molecule has 3 heteroatoms. The highest BCUT2D eigenvalue weighted by Crippen LogP contribution is 2.31. The Morgan fingerprint density at radius 1 is 0.750 bits per heavy atom. The summed E-state index contributed by atoms with van der Waals surface area (Å²) in [4.78, 5) is 8.88. The van der Waals surface area contributed by atoms with Crippen molar-refractivity contribution in [2.24, 2.45) is 0 Å². The number of benzene rings is 2. The van der Waals surface area contributed by atoms with Crippen LogP contribution in [0.3, 0.4) is 0 Å². The molecule has 0 unspecified atom stereocenters. The van der Waals surface area contributed by atoms with E-state index >= 15 is 0 Å². The first kappa shape index (κ1) is 12.4. The van der Waals surface area contributed by atoms with Crippen molar-refractivity contribution >= 4 is 0 Å². The predicted molar refractivity (Wildman–Crippen MR) is 79.3 cm³/mol. The quantitative estimate of drug-likeness (QED) is 0.763. The Morgan fingerprint density at radius 2 is 1.30 bits per heavy atom. The minimum atomic E-state index is 0.135. The first-order chi connectivity index (χ1) is 9.75. The van der Waals surface area contributed by atoms with Gasteiger partial charge in [-0.05, 0) is 6.92 Å². The van der Waals surface area contributed by atoms with Gasteiger partial charge in [-0.3, -0.25) is 0 Å². The third-order valence-corrected chi connectivity index (χ3v) is 3.14. The molecule has 0 aliphatic heterocycles. The summed E-state index contributed by atoms with van der Waals surface area (Å²) < 4.78 is 0. The molecule has 0 saturated carbocycles. The molecule has 1 aromatic heterocycles. The summed E-state index contributed by atoms with van der Waals surface area (Å²) in [6, 6.07) is 19.4. The van der Waals surface area contributed by atoms with Crippen molar-refractivity contribution in [3.05, 3.63) is 66.4 Å². The largest absolute Gasteiger partial charge is 0.504 e. The van der Waals surface area contributed by atoms with Crippen LogP contribution >= 0.6 is 0 Å². The average Bonchev–Trinajstić information content (AvgIpc) is 2.51. The fourth-order valence-electron chi connectivity index (χ4n) is 2.08. The maximum absolute atomic E-state index is 10.2. The van der Waals surface area contributed by atoms with E-state index in [0.29, 0.717) is 17.2 Å². The molecule has 0 spiro atoms. The fourth-order valence-corrected chi connectivity index (χ4v) is 2.08. The van der Waals surface area contributed by atoms with Crippen LogP contribution in [0.5, 0.6) is 5.75 Å². The topological polar surface area (TPSA) is 46.0 Å². The van der Waals surface area contributed by atoms with Crippen LogP contribution in [0.25, 0.3) is 22.6 Å². The number of aryl methyl sites for hydroxylation is 1. The van der Waals surface area contributed by atoms with Crippen LogP contribution in [0.15, 0.2) is 60.7 Å². The Kier molecular flexibility index (Phi) is 3.17. The molecule has 98 valence electrons. The summed E-state index contributed by atoms with van der Waals surface area (Å²) in [5, 5.41) is 10.2. The first-order valence-corrected chi connectivity index (χ1v) is 6.44. The zero-order chi connectivity index (χ0) is 13.9. The number of nitrogens with zero attached hydrogens (tertiary/aromatic N) is 2. The molecule has 1 N–H and O–H groups in total. The first-order valence-electron chi connectivity index (χ1n) is 6.44. The maximum atomic E-state index is 10.2. The Bertz CT molecular complexity index is 725. The van der Waals surface area contributed by atoms with E-state index in [0.717, 1.165) is 11.1 Å². The fraction of sp³-hybridized carbons (Fsp3) is 0.0588. The molecular formula is C17H14N2O. The van der Waals surface area contributed by atoms with Crippen LogP contribution in [0.4, 0.5) is 0 Å². The summed E-state index contributed by atoms with van der Waals surface area (Å²) in [6.07, 6.45) is 0. The van der Waals surface area contributed by atoms with Crippen LogP contribution in [0.1, 0.15) is 5.69 Å². The highest BCUT2D eigenvalue weighted by atomic mass is 16.3. The van der Waals surface area contributed by atoms with E-state index in [2.05, 4.69) is 9.97 Å². The molecule has 0 atom stereocenters. The summed E-state index contributed by atoms with van der Waals surface area (Å²) >= 11 is 0. The third-order valence-electron chi connectivity index (χ3n) is 3.14. The molecule has 0 saturated heterocycles. The second-order valence-corrected chi connectivity index (χ2v) is 4.56. The van der Waals surface area contributed by atoms with E-state index in [-0.39, 0.29) is 5.75 Å². The standard InChI is InChI=1S/C17H14N2O/c1-12-16(20)15(13-8-4-2-5-9-13)19-17(18-12)14-10-6-3-7-11-14/h2-11,20H,1H3. The number of aromatic hydroxyl groups is 1. The number of hydrogen-bond donors (Lipinski definition) is 1. The SMILES string of the molecule is Cc1nc(-c2ccccc2)nc(-c2ccccc2)c1O. The molecule has 1 heterocycles. The van der Waals surface area contributed by atoms with Crippen LogP contribution in [-0.2, 0) is 0 Å². The van der Waals surface area contributed by atoms with Gasteiger partial charge in [0.1, 0.15) is 5.69 Å². The Hall–Kier alpha value is -2.68. The second kappa shape index (κ2) is 5.13. The van der Waals surface area contributed by atoms with Crippen LogP contribution in [0.2, 0.25) is 0 Å². The minimum Gasteiger partial charge on any atom is -0.504 e. The van der Waals surface area contributed by atoms with Gasteiger partial charge in [-0.15, -0.1) is 0 Å². The summed E-state index contributed by atoms with van der Waals surface area (Å²) in [7, 11) is 0. The average molecular weight is 262 g/mol. The van der Waals surface area contributed by atoms with Crippen molar-refractivity contribution in [3.8, 4) is 28.4 Å². The lowest BCUT2D eigenvalue weighted by atomic mass is 10.1. The van der Waals surface area contributed by atoms with Gasteiger partial charge in [0, 0.05) is 11.1 Å². The zero-order valence-corrected chi connectivity index (χ0v) is 11.1. The smallest absolute Gasteiger partial charge is 0.163 e. The van der Waals surface area contributed by atoms with Crippen molar-refractivity contribution in [2.45, 2.75) is 6.92 Å². The van der Waals surface area contributed by atoms with Crippen molar-refractivity contribution < 1.29 is 5.11 Å². The Labute approximate surface area is 117 Å². The van der Waals surface area contributed by atoms with E-state index < -0.39 is 0 Å². The van der Waals surface area contributed by atoms with Gasteiger partial charge in [-0.2, -0.15) is 0 Å².